The normalized spacial score (nSPS) is 19.3. The first-order chi connectivity index (χ1) is 8.25. The number of fused-ring (bicyclic) bond motifs is 1. The third-order valence-corrected chi connectivity index (χ3v) is 4.90. The van der Waals surface area contributed by atoms with Gasteiger partial charge in [-0.05, 0) is 46.1 Å². The minimum Gasteiger partial charge on any atom is -0.330 e. The second kappa shape index (κ2) is 4.58. The van der Waals surface area contributed by atoms with E-state index >= 15 is 0 Å². The van der Waals surface area contributed by atoms with E-state index in [0.29, 0.717) is 5.92 Å². The highest BCUT2D eigenvalue weighted by molar-refractivity contribution is 9.10. The van der Waals surface area contributed by atoms with Crippen molar-refractivity contribution in [2.45, 2.75) is 38.6 Å². The van der Waals surface area contributed by atoms with Crippen LogP contribution in [-0.4, -0.2) is 9.55 Å². The summed E-state index contributed by atoms with van der Waals surface area (Å²) in [6.07, 6.45) is 3.51. The molecule has 0 aromatic carbocycles. The maximum absolute atomic E-state index is 4.70. The summed E-state index contributed by atoms with van der Waals surface area (Å²) in [6.45, 7) is 3.42. The first-order valence-corrected chi connectivity index (χ1v) is 7.70. The molecule has 3 heterocycles. The molecule has 2 aromatic rings. The Labute approximate surface area is 114 Å². The van der Waals surface area contributed by atoms with Crippen LogP contribution in [0, 0.1) is 0 Å². The van der Waals surface area contributed by atoms with Gasteiger partial charge in [-0.3, -0.25) is 0 Å². The molecule has 2 aromatic heterocycles. The maximum atomic E-state index is 4.70. The lowest BCUT2D eigenvalue weighted by molar-refractivity contribution is 0.464. The van der Waals surface area contributed by atoms with Crippen LogP contribution in [0.1, 0.15) is 42.1 Å². The molecule has 0 amide bonds. The van der Waals surface area contributed by atoms with Gasteiger partial charge in [0.05, 0.1) is 5.69 Å². The molecule has 4 heteroatoms. The molecule has 0 radical (unpaired) electrons. The SMILES string of the molecule is CC1CCCn2c(Cc3cccs3)nc(Br)c21. The van der Waals surface area contributed by atoms with Crippen LogP contribution in [0.5, 0.6) is 0 Å². The van der Waals surface area contributed by atoms with Crippen molar-refractivity contribution in [3.05, 3.63) is 38.5 Å². The Balaban J connectivity index is 1.98. The van der Waals surface area contributed by atoms with Gasteiger partial charge in [-0.2, -0.15) is 0 Å². The molecule has 0 aliphatic carbocycles. The van der Waals surface area contributed by atoms with Crippen molar-refractivity contribution in [1.29, 1.82) is 0 Å². The summed E-state index contributed by atoms with van der Waals surface area (Å²) in [4.78, 5) is 6.10. The van der Waals surface area contributed by atoms with Crippen LogP contribution in [0.15, 0.2) is 22.1 Å². The zero-order valence-electron chi connectivity index (χ0n) is 9.82. The molecule has 1 aliphatic rings. The summed E-state index contributed by atoms with van der Waals surface area (Å²) in [7, 11) is 0. The second-order valence-electron chi connectivity index (χ2n) is 4.66. The first kappa shape index (κ1) is 11.5. The maximum Gasteiger partial charge on any atom is 0.127 e. The van der Waals surface area contributed by atoms with Crippen LogP contribution in [0.3, 0.4) is 0 Å². The molecule has 1 atom stereocenters. The van der Waals surface area contributed by atoms with Gasteiger partial charge in [0.15, 0.2) is 0 Å². The predicted molar refractivity (Wildman–Crippen MR) is 74.7 cm³/mol. The molecule has 0 saturated heterocycles. The Morgan fingerprint density at radius 3 is 3.24 bits per heavy atom. The van der Waals surface area contributed by atoms with E-state index in [4.69, 9.17) is 4.98 Å². The van der Waals surface area contributed by atoms with Gasteiger partial charge in [-0.25, -0.2) is 4.98 Å². The molecule has 0 fully saturated rings. The Kier molecular flexibility index (Phi) is 3.09. The van der Waals surface area contributed by atoms with Crippen molar-refractivity contribution < 1.29 is 0 Å². The van der Waals surface area contributed by atoms with E-state index in [1.807, 2.05) is 11.3 Å². The topological polar surface area (TPSA) is 17.8 Å². The summed E-state index contributed by atoms with van der Waals surface area (Å²) < 4.78 is 3.47. The molecular weight excluding hydrogens is 296 g/mol. The van der Waals surface area contributed by atoms with Crippen LogP contribution >= 0.6 is 27.3 Å². The van der Waals surface area contributed by atoms with Gasteiger partial charge in [0.25, 0.3) is 0 Å². The molecule has 0 saturated carbocycles. The van der Waals surface area contributed by atoms with E-state index in [9.17, 15) is 0 Å². The number of hydrogen-bond acceptors (Lipinski definition) is 2. The van der Waals surface area contributed by atoms with Crippen LogP contribution in [-0.2, 0) is 13.0 Å². The van der Waals surface area contributed by atoms with E-state index in [0.717, 1.165) is 17.6 Å². The van der Waals surface area contributed by atoms with Crippen LogP contribution in [0.2, 0.25) is 0 Å². The van der Waals surface area contributed by atoms with Crippen LogP contribution in [0.4, 0.5) is 0 Å². The zero-order chi connectivity index (χ0) is 11.8. The average molecular weight is 311 g/mol. The Hall–Kier alpha value is -0.610. The summed E-state index contributed by atoms with van der Waals surface area (Å²) in [5.41, 5.74) is 1.39. The van der Waals surface area contributed by atoms with Gasteiger partial charge in [-0.1, -0.05) is 13.0 Å². The molecule has 3 rings (SSSR count). The molecule has 1 unspecified atom stereocenters. The first-order valence-electron chi connectivity index (χ1n) is 6.03. The lowest BCUT2D eigenvalue weighted by atomic mass is 9.99. The summed E-state index contributed by atoms with van der Waals surface area (Å²) >= 11 is 5.43. The van der Waals surface area contributed by atoms with Crippen molar-refractivity contribution >= 4 is 27.3 Å². The Morgan fingerprint density at radius 2 is 2.47 bits per heavy atom. The predicted octanol–water partition coefficient (Wildman–Crippen LogP) is 4.20. The van der Waals surface area contributed by atoms with Crippen molar-refractivity contribution in [2.75, 3.05) is 0 Å². The van der Waals surface area contributed by atoms with Crippen LogP contribution < -0.4 is 0 Å². The van der Waals surface area contributed by atoms with Gasteiger partial charge in [-0.15, -0.1) is 11.3 Å². The van der Waals surface area contributed by atoms with Gasteiger partial charge in [0, 0.05) is 17.8 Å². The standard InChI is InChI=1S/C13H15BrN2S/c1-9-4-2-6-16-11(15-13(14)12(9)16)8-10-5-3-7-17-10/h3,5,7,9H,2,4,6,8H2,1H3. The van der Waals surface area contributed by atoms with Crippen molar-refractivity contribution in [3.8, 4) is 0 Å². The third-order valence-electron chi connectivity index (χ3n) is 3.44. The van der Waals surface area contributed by atoms with E-state index in [1.165, 1.54) is 29.2 Å². The molecule has 17 heavy (non-hydrogen) atoms. The van der Waals surface area contributed by atoms with Gasteiger partial charge < -0.3 is 4.57 Å². The smallest absolute Gasteiger partial charge is 0.127 e. The summed E-state index contributed by atoms with van der Waals surface area (Å²) in [5.74, 6) is 1.84. The lowest BCUT2D eigenvalue weighted by Gasteiger charge is -2.22. The molecule has 0 spiro atoms. The Morgan fingerprint density at radius 1 is 1.59 bits per heavy atom. The minimum absolute atomic E-state index is 0.628. The number of nitrogens with zero attached hydrogens (tertiary/aromatic N) is 2. The fourth-order valence-corrected chi connectivity index (χ4v) is 4.11. The van der Waals surface area contributed by atoms with E-state index in [2.05, 4.69) is 44.9 Å². The van der Waals surface area contributed by atoms with Gasteiger partial charge >= 0.3 is 0 Å². The van der Waals surface area contributed by atoms with E-state index in [-0.39, 0.29) is 0 Å². The highest BCUT2D eigenvalue weighted by atomic mass is 79.9. The molecule has 90 valence electrons. The number of thiophene rings is 1. The fourth-order valence-electron chi connectivity index (χ4n) is 2.60. The molecular formula is C13H15BrN2S. The minimum atomic E-state index is 0.628. The molecule has 1 aliphatic heterocycles. The number of halogens is 1. The monoisotopic (exact) mass is 310 g/mol. The largest absolute Gasteiger partial charge is 0.330 e. The van der Waals surface area contributed by atoms with Crippen molar-refractivity contribution in [3.63, 3.8) is 0 Å². The number of rotatable bonds is 2. The average Bonchev–Trinajstić information content (AvgIpc) is 2.90. The third kappa shape index (κ3) is 2.08. The van der Waals surface area contributed by atoms with Gasteiger partial charge in [0.1, 0.15) is 10.4 Å². The number of imidazole rings is 1. The Bertz CT molecular complexity index is 516. The number of aromatic nitrogens is 2. The quantitative estimate of drug-likeness (QED) is 0.813. The highest BCUT2D eigenvalue weighted by Crippen LogP contribution is 2.34. The van der Waals surface area contributed by atoms with E-state index < -0.39 is 0 Å². The van der Waals surface area contributed by atoms with Crippen molar-refractivity contribution in [2.24, 2.45) is 0 Å². The number of hydrogen-bond donors (Lipinski definition) is 0. The van der Waals surface area contributed by atoms with Crippen molar-refractivity contribution in [1.82, 2.24) is 9.55 Å². The lowest BCUT2D eigenvalue weighted by Crippen LogP contribution is -2.15. The van der Waals surface area contributed by atoms with E-state index in [1.54, 1.807) is 0 Å². The van der Waals surface area contributed by atoms with Gasteiger partial charge in [0.2, 0.25) is 0 Å². The van der Waals surface area contributed by atoms with Crippen LogP contribution in [0.25, 0.3) is 0 Å². The molecule has 2 nitrogen and oxygen atoms in total. The summed E-state index contributed by atoms with van der Waals surface area (Å²) in [5, 5.41) is 2.13. The summed E-state index contributed by atoms with van der Waals surface area (Å²) in [6, 6.07) is 4.30. The zero-order valence-corrected chi connectivity index (χ0v) is 12.2. The fraction of sp³-hybridized carbons (Fsp3) is 0.462. The second-order valence-corrected chi connectivity index (χ2v) is 6.44. The molecule has 0 bridgehead atoms. The highest BCUT2D eigenvalue weighted by Gasteiger charge is 2.23. The molecule has 0 N–H and O–H groups in total.